The molecule has 7 heteroatoms. The molecule has 0 unspecified atom stereocenters. The third-order valence-corrected chi connectivity index (χ3v) is 4.36. The standard InChI is InChI=1S/C20H21N3O4/c1-26-17-9-8-14(10-18(17)27-2)12-21-22-20(25)15-11-19(24)23(13-15)16-6-4-3-5-7-16/h3-10,12,15H,11,13H2,1-2H3,(H,22,25)/b21-12-/t15-/m0/s1. The summed E-state index contributed by atoms with van der Waals surface area (Å²) in [7, 11) is 3.11. The molecule has 2 aromatic carbocycles. The number of amides is 2. The molecule has 1 aliphatic heterocycles. The number of ether oxygens (including phenoxy) is 2. The summed E-state index contributed by atoms with van der Waals surface area (Å²) in [5.41, 5.74) is 4.06. The zero-order valence-electron chi connectivity index (χ0n) is 15.2. The van der Waals surface area contributed by atoms with Crippen molar-refractivity contribution in [3.63, 3.8) is 0 Å². The van der Waals surface area contributed by atoms with Gasteiger partial charge < -0.3 is 14.4 Å². The minimum Gasteiger partial charge on any atom is -0.493 e. The summed E-state index contributed by atoms with van der Waals surface area (Å²) in [6, 6.07) is 14.6. The normalized spacial score (nSPS) is 16.6. The third-order valence-electron chi connectivity index (χ3n) is 4.36. The molecule has 3 rings (SSSR count). The van der Waals surface area contributed by atoms with E-state index in [1.165, 1.54) is 6.21 Å². The number of hydrazone groups is 1. The monoisotopic (exact) mass is 367 g/mol. The smallest absolute Gasteiger partial charge is 0.245 e. The molecule has 0 radical (unpaired) electrons. The number of hydrogen-bond acceptors (Lipinski definition) is 5. The van der Waals surface area contributed by atoms with Gasteiger partial charge in [-0.25, -0.2) is 5.43 Å². The van der Waals surface area contributed by atoms with Gasteiger partial charge in [0.25, 0.3) is 0 Å². The Morgan fingerprint density at radius 1 is 1.15 bits per heavy atom. The van der Waals surface area contributed by atoms with Crippen molar-refractivity contribution in [2.24, 2.45) is 11.0 Å². The van der Waals surface area contributed by atoms with Crippen LogP contribution >= 0.6 is 0 Å². The molecule has 7 nitrogen and oxygen atoms in total. The summed E-state index contributed by atoms with van der Waals surface area (Å²) < 4.78 is 10.4. The van der Waals surface area contributed by atoms with E-state index in [-0.39, 0.29) is 18.2 Å². The van der Waals surface area contributed by atoms with E-state index in [2.05, 4.69) is 10.5 Å². The lowest BCUT2D eigenvalue weighted by Gasteiger charge is -2.16. The fourth-order valence-corrected chi connectivity index (χ4v) is 2.94. The van der Waals surface area contributed by atoms with Crippen molar-refractivity contribution in [2.45, 2.75) is 6.42 Å². The molecule has 1 N–H and O–H groups in total. The lowest BCUT2D eigenvalue weighted by Crippen LogP contribution is -2.30. The first-order valence-electron chi connectivity index (χ1n) is 8.52. The maximum Gasteiger partial charge on any atom is 0.245 e. The fourth-order valence-electron chi connectivity index (χ4n) is 2.94. The highest BCUT2D eigenvalue weighted by Gasteiger charge is 2.34. The second-order valence-electron chi connectivity index (χ2n) is 6.09. The van der Waals surface area contributed by atoms with Crippen LogP contribution in [0.5, 0.6) is 11.5 Å². The first-order valence-corrected chi connectivity index (χ1v) is 8.52. The Bertz CT molecular complexity index is 852. The summed E-state index contributed by atoms with van der Waals surface area (Å²) in [6.45, 7) is 0.348. The van der Waals surface area contributed by atoms with Crippen molar-refractivity contribution >= 4 is 23.7 Å². The predicted molar refractivity (Wildman–Crippen MR) is 102 cm³/mol. The number of hydrogen-bond donors (Lipinski definition) is 1. The number of benzene rings is 2. The van der Waals surface area contributed by atoms with Gasteiger partial charge in [-0.15, -0.1) is 0 Å². The zero-order chi connectivity index (χ0) is 19.2. The molecular weight excluding hydrogens is 346 g/mol. The lowest BCUT2D eigenvalue weighted by molar-refractivity contribution is -0.126. The zero-order valence-corrected chi connectivity index (χ0v) is 15.2. The van der Waals surface area contributed by atoms with Crippen molar-refractivity contribution in [2.75, 3.05) is 25.7 Å². The summed E-state index contributed by atoms with van der Waals surface area (Å²) in [4.78, 5) is 26.2. The molecular formula is C20H21N3O4. The van der Waals surface area contributed by atoms with Crippen molar-refractivity contribution in [3.8, 4) is 11.5 Å². The van der Waals surface area contributed by atoms with E-state index in [0.717, 1.165) is 11.3 Å². The van der Waals surface area contributed by atoms with Crippen LogP contribution in [0.15, 0.2) is 53.6 Å². The van der Waals surface area contributed by atoms with Gasteiger partial charge in [0.05, 0.1) is 26.4 Å². The molecule has 1 heterocycles. The van der Waals surface area contributed by atoms with E-state index in [4.69, 9.17) is 9.47 Å². The van der Waals surface area contributed by atoms with Gasteiger partial charge in [-0.3, -0.25) is 9.59 Å². The first kappa shape index (κ1) is 18.4. The molecule has 0 saturated carbocycles. The van der Waals surface area contributed by atoms with Gasteiger partial charge in [-0.05, 0) is 35.9 Å². The number of nitrogens with one attached hydrogen (secondary N) is 1. The Morgan fingerprint density at radius 2 is 1.89 bits per heavy atom. The van der Waals surface area contributed by atoms with Gasteiger partial charge in [0.2, 0.25) is 11.8 Å². The lowest BCUT2D eigenvalue weighted by atomic mass is 10.1. The molecule has 2 aromatic rings. The topological polar surface area (TPSA) is 80.2 Å². The van der Waals surface area contributed by atoms with Crippen molar-refractivity contribution in [3.05, 3.63) is 54.1 Å². The molecule has 0 aliphatic carbocycles. The van der Waals surface area contributed by atoms with Crippen LogP contribution in [0.4, 0.5) is 5.69 Å². The second-order valence-corrected chi connectivity index (χ2v) is 6.09. The van der Waals surface area contributed by atoms with Crippen LogP contribution in [0.3, 0.4) is 0 Å². The van der Waals surface area contributed by atoms with Gasteiger partial charge >= 0.3 is 0 Å². The molecule has 1 atom stereocenters. The summed E-state index contributed by atoms with van der Waals surface area (Å²) >= 11 is 0. The van der Waals surface area contributed by atoms with E-state index >= 15 is 0 Å². The Kier molecular flexibility index (Phi) is 5.71. The van der Waals surface area contributed by atoms with Crippen LogP contribution in [0.1, 0.15) is 12.0 Å². The molecule has 140 valence electrons. The molecule has 0 bridgehead atoms. The van der Waals surface area contributed by atoms with Gasteiger partial charge in [0.15, 0.2) is 11.5 Å². The van der Waals surface area contributed by atoms with E-state index < -0.39 is 5.92 Å². The van der Waals surface area contributed by atoms with Gasteiger partial charge in [-0.1, -0.05) is 18.2 Å². The number of rotatable bonds is 6. The minimum atomic E-state index is -0.430. The average Bonchev–Trinajstić information content (AvgIpc) is 3.10. The maximum absolute atomic E-state index is 12.3. The van der Waals surface area contributed by atoms with Gasteiger partial charge in [0, 0.05) is 18.7 Å². The van der Waals surface area contributed by atoms with E-state index in [0.29, 0.717) is 18.0 Å². The third kappa shape index (κ3) is 4.25. The molecule has 1 saturated heterocycles. The summed E-state index contributed by atoms with van der Waals surface area (Å²) in [5, 5.41) is 3.99. The SMILES string of the molecule is COc1ccc(/C=N\NC(=O)[C@H]2CC(=O)N(c3ccccc3)C2)cc1OC. The summed E-state index contributed by atoms with van der Waals surface area (Å²) in [6.07, 6.45) is 1.69. The minimum absolute atomic E-state index is 0.0646. The molecule has 27 heavy (non-hydrogen) atoms. The Hall–Kier alpha value is -3.35. The van der Waals surface area contributed by atoms with Crippen LogP contribution in [-0.2, 0) is 9.59 Å². The van der Waals surface area contributed by atoms with Crippen LogP contribution in [0.25, 0.3) is 0 Å². The average molecular weight is 367 g/mol. The molecule has 1 aliphatic rings. The predicted octanol–water partition coefficient (Wildman–Crippen LogP) is 2.21. The molecule has 0 aromatic heterocycles. The van der Waals surface area contributed by atoms with E-state index in [9.17, 15) is 9.59 Å². The molecule has 2 amide bonds. The van der Waals surface area contributed by atoms with Crippen molar-refractivity contribution in [1.82, 2.24) is 5.43 Å². The fraction of sp³-hybridized carbons (Fsp3) is 0.250. The number of nitrogens with zero attached hydrogens (tertiary/aromatic N) is 2. The second kappa shape index (κ2) is 8.35. The summed E-state index contributed by atoms with van der Waals surface area (Å²) in [5.74, 6) is 0.417. The number of carbonyl (C=O) groups is 2. The van der Waals surface area contributed by atoms with E-state index in [1.807, 2.05) is 30.3 Å². The van der Waals surface area contributed by atoms with Crippen LogP contribution in [0, 0.1) is 5.92 Å². The number of para-hydroxylation sites is 1. The Labute approximate surface area is 157 Å². The largest absolute Gasteiger partial charge is 0.493 e. The highest BCUT2D eigenvalue weighted by Crippen LogP contribution is 2.27. The van der Waals surface area contributed by atoms with Gasteiger partial charge in [-0.2, -0.15) is 5.10 Å². The number of carbonyl (C=O) groups excluding carboxylic acids is 2. The maximum atomic E-state index is 12.3. The van der Waals surface area contributed by atoms with Crippen LogP contribution in [-0.4, -0.2) is 38.8 Å². The van der Waals surface area contributed by atoms with Crippen molar-refractivity contribution < 1.29 is 19.1 Å². The van der Waals surface area contributed by atoms with E-state index in [1.54, 1.807) is 37.3 Å². The highest BCUT2D eigenvalue weighted by atomic mass is 16.5. The highest BCUT2D eigenvalue weighted by molar-refractivity contribution is 6.00. The van der Waals surface area contributed by atoms with Crippen molar-refractivity contribution in [1.29, 1.82) is 0 Å². The number of anilines is 1. The number of methoxy groups -OCH3 is 2. The van der Waals surface area contributed by atoms with Gasteiger partial charge in [0.1, 0.15) is 0 Å². The molecule has 0 spiro atoms. The van der Waals surface area contributed by atoms with Crippen LogP contribution in [0.2, 0.25) is 0 Å². The Morgan fingerprint density at radius 3 is 2.59 bits per heavy atom. The first-order chi connectivity index (χ1) is 13.1. The molecule has 1 fully saturated rings. The Balaban J connectivity index is 1.60. The quantitative estimate of drug-likeness (QED) is 0.627. The van der Waals surface area contributed by atoms with Crippen LogP contribution < -0.4 is 19.8 Å².